The summed E-state index contributed by atoms with van der Waals surface area (Å²) >= 11 is 0. The predicted octanol–water partition coefficient (Wildman–Crippen LogP) is 4.11. The fourth-order valence-electron chi connectivity index (χ4n) is 5.89. The van der Waals surface area contributed by atoms with E-state index in [0.717, 1.165) is 37.3 Å². The highest BCUT2D eigenvalue weighted by Crippen LogP contribution is 2.61. The van der Waals surface area contributed by atoms with E-state index < -0.39 is 11.9 Å². The first-order chi connectivity index (χ1) is 12.5. The third-order valence-corrected chi connectivity index (χ3v) is 6.78. The van der Waals surface area contributed by atoms with Crippen molar-refractivity contribution in [3.63, 3.8) is 0 Å². The molecule has 2 rings (SSSR count). The first kappa shape index (κ1) is 21.7. The number of aliphatic hydroxyl groups excluding tert-OH is 1. The maximum atomic E-state index is 11.1. The lowest BCUT2D eigenvalue weighted by Crippen LogP contribution is -2.55. The lowest BCUT2D eigenvalue weighted by atomic mass is 9.46. The Labute approximate surface area is 162 Å². The number of esters is 1. The standard InChI is InChI=1S/C22H34O5/c1-14-11-18(24)20-21(3,4)9-6-10-22(20,5)17(14)8-7-16(12-19(25)26)13-27-15(2)23/h12,17-18,20,24H,1,6-11,13H2,2-5H3,(H,25,26). The van der Waals surface area contributed by atoms with E-state index in [4.69, 9.17) is 9.84 Å². The second kappa shape index (κ2) is 8.17. The number of aliphatic hydroxyl groups is 1. The van der Waals surface area contributed by atoms with Gasteiger partial charge >= 0.3 is 11.9 Å². The van der Waals surface area contributed by atoms with Crippen molar-refractivity contribution < 1.29 is 24.5 Å². The third kappa shape index (κ3) is 4.81. The van der Waals surface area contributed by atoms with Crippen LogP contribution >= 0.6 is 0 Å². The van der Waals surface area contributed by atoms with Gasteiger partial charge in [0.15, 0.2) is 0 Å². The van der Waals surface area contributed by atoms with Gasteiger partial charge < -0.3 is 14.9 Å². The van der Waals surface area contributed by atoms with Crippen molar-refractivity contribution in [3.05, 3.63) is 23.8 Å². The number of fused-ring (bicyclic) bond motifs is 1. The maximum Gasteiger partial charge on any atom is 0.328 e. The number of hydrogen-bond acceptors (Lipinski definition) is 4. The number of carbonyl (C=O) groups is 2. The number of carboxylic acids is 1. The van der Waals surface area contributed by atoms with Gasteiger partial charge in [0.05, 0.1) is 6.10 Å². The normalized spacial score (nSPS) is 33.3. The molecule has 2 saturated carbocycles. The Kier molecular flexibility index (Phi) is 6.56. The highest BCUT2D eigenvalue weighted by molar-refractivity contribution is 5.80. The molecule has 2 aliphatic rings. The van der Waals surface area contributed by atoms with E-state index >= 15 is 0 Å². The lowest BCUT2D eigenvalue weighted by molar-refractivity contribution is -0.140. The van der Waals surface area contributed by atoms with E-state index in [9.17, 15) is 14.7 Å². The van der Waals surface area contributed by atoms with Crippen LogP contribution in [0.2, 0.25) is 0 Å². The fraction of sp³-hybridized carbons (Fsp3) is 0.727. The molecule has 152 valence electrons. The summed E-state index contributed by atoms with van der Waals surface area (Å²) in [6.07, 6.45) is 5.97. The van der Waals surface area contributed by atoms with Crippen molar-refractivity contribution >= 4 is 11.9 Å². The van der Waals surface area contributed by atoms with Crippen LogP contribution in [0, 0.1) is 22.7 Å². The molecule has 0 aromatic carbocycles. The lowest BCUT2D eigenvalue weighted by Gasteiger charge is -2.59. The monoisotopic (exact) mass is 378 g/mol. The maximum absolute atomic E-state index is 11.1. The Morgan fingerprint density at radius 2 is 1.96 bits per heavy atom. The average molecular weight is 379 g/mol. The van der Waals surface area contributed by atoms with Crippen LogP contribution in [0.3, 0.4) is 0 Å². The Bertz CT molecular complexity index is 633. The zero-order valence-electron chi connectivity index (χ0n) is 17.1. The summed E-state index contributed by atoms with van der Waals surface area (Å²) in [5.41, 5.74) is 1.68. The van der Waals surface area contributed by atoms with E-state index in [0.29, 0.717) is 18.4 Å². The molecular weight excluding hydrogens is 344 g/mol. The van der Waals surface area contributed by atoms with Crippen LogP contribution in [0.25, 0.3) is 0 Å². The second-order valence-corrected chi connectivity index (χ2v) is 9.27. The van der Waals surface area contributed by atoms with E-state index in [1.54, 1.807) is 0 Å². The van der Waals surface area contributed by atoms with Crippen LogP contribution in [-0.2, 0) is 14.3 Å². The van der Waals surface area contributed by atoms with Gasteiger partial charge in [-0.3, -0.25) is 4.79 Å². The molecule has 2 N–H and O–H groups in total. The van der Waals surface area contributed by atoms with Crippen molar-refractivity contribution in [1.29, 1.82) is 0 Å². The molecular formula is C22H34O5. The van der Waals surface area contributed by atoms with Gasteiger partial charge in [0.2, 0.25) is 0 Å². The molecule has 5 heteroatoms. The first-order valence-corrected chi connectivity index (χ1v) is 9.89. The topological polar surface area (TPSA) is 83.8 Å². The fourth-order valence-corrected chi connectivity index (χ4v) is 5.89. The van der Waals surface area contributed by atoms with Gasteiger partial charge in [-0.15, -0.1) is 0 Å². The van der Waals surface area contributed by atoms with Crippen LogP contribution in [0.15, 0.2) is 23.8 Å². The number of aliphatic carboxylic acids is 1. The Morgan fingerprint density at radius 3 is 2.56 bits per heavy atom. The van der Waals surface area contributed by atoms with Crippen LogP contribution in [0.5, 0.6) is 0 Å². The summed E-state index contributed by atoms with van der Waals surface area (Å²) in [6.45, 7) is 12.4. The van der Waals surface area contributed by atoms with Gasteiger partial charge in [0.25, 0.3) is 0 Å². The van der Waals surface area contributed by atoms with Gasteiger partial charge in [0, 0.05) is 13.0 Å². The number of hydrogen-bond donors (Lipinski definition) is 2. The van der Waals surface area contributed by atoms with Gasteiger partial charge in [-0.05, 0) is 60.3 Å². The zero-order chi connectivity index (χ0) is 20.4. The summed E-state index contributed by atoms with van der Waals surface area (Å²) in [6, 6.07) is 0. The van der Waals surface area contributed by atoms with E-state index in [-0.39, 0.29) is 35.4 Å². The highest BCUT2D eigenvalue weighted by Gasteiger charge is 2.56. The molecule has 0 radical (unpaired) electrons. The average Bonchev–Trinajstić information content (AvgIpc) is 2.49. The molecule has 2 aliphatic carbocycles. The van der Waals surface area contributed by atoms with Gasteiger partial charge in [-0.2, -0.15) is 0 Å². The Morgan fingerprint density at radius 1 is 1.30 bits per heavy atom. The van der Waals surface area contributed by atoms with Crippen molar-refractivity contribution in [2.24, 2.45) is 22.7 Å². The van der Waals surface area contributed by atoms with Crippen molar-refractivity contribution in [1.82, 2.24) is 0 Å². The quantitative estimate of drug-likeness (QED) is 0.413. The van der Waals surface area contributed by atoms with Gasteiger partial charge in [0.1, 0.15) is 6.61 Å². The molecule has 0 aromatic rings. The molecule has 0 amide bonds. The van der Waals surface area contributed by atoms with Crippen LogP contribution in [0.1, 0.15) is 66.2 Å². The Balaban J connectivity index is 2.21. The number of carbonyl (C=O) groups excluding carboxylic acids is 1. The minimum Gasteiger partial charge on any atom is -0.478 e. The number of rotatable bonds is 6. The minimum absolute atomic E-state index is 0.00902. The Hall–Kier alpha value is -1.62. The molecule has 0 aromatic heterocycles. The molecule has 0 spiro atoms. The largest absolute Gasteiger partial charge is 0.478 e. The molecule has 4 atom stereocenters. The molecule has 0 saturated heterocycles. The highest BCUT2D eigenvalue weighted by atomic mass is 16.5. The van der Waals surface area contributed by atoms with E-state index in [1.165, 1.54) is 6.92 Å². The predicted molar refractivity (Wildman–Crippen MR) is 104 cm³/mol. The third-order valence-electron chi connectivity index (χ3n) is 6.78. The molecule has 27 heavy (non-hydrogen) atoms. The molecule has 0 bridgehead atoms. The summed E-state index contributed by atoms with van der Waals surface area (Å²) in [7, 11) is 0. The molecule has 0 heterocycles. The summed E-state index contributed by atoms with van der Waals surface area (Å²) < 4.78 is 5.02. The molecule has 2 fully saturated rings. The number of carboxylic acid groups (broad SMARTS) is 1. The SMILES string of the molecule is C=C1CC(O)C2C(C)(C)CCCC2(C)C1CCC(=CC(=O)O)COC(C)=O. The second-order valence-electron chi connectivity index (χ2n) is 9.27. The van der Waals surface area contributed by atoms with Gasteiger partial charge in [-0.1, -0.05) is 39.3 Å². The minimum atomic E-state index is -1.03. The first-order valence-electron chi connectivity index (χ1n) is 9.89. The zero-order valence-corrected chi connectivity index (χ0v) is 17.1. The van der Waals surface area contributed by atoms with Crippen molar-refractivity contribution in [2.45, 2.75) is 72.3 Å². The van der Waals surface area contributed by atoms with Crippen LogP contribution in [0.4, 0.5) is 0 Å². The van der Waals surface area contributed by atoms with Crippen LogP contribution < -0.4 is 0 Å². The smallest absolute Gasteiger partial charge is 0.328 e. The van der Waals surface area contributed by atoms with E-state index in [2.05, 4.69) is 27.4 Å². The molecule has 5 nitrogen and oxygen atoms in total. The van der Waals surface area contributed by atoms with Gasteiger partial charge in [-0.25, -0.2) is 4.79 Å². The molecule has 4 unspecified atom stereocenters. The summed E-state index contributed by atoms with van der Waals surface area (Å²) in [4.78, 5) is 22.2. The van der Waals surface area contributed by atoms with Crippen molar-refractivity contribution in [3.8, 4) is 0 Å². The van der Waals surface area contributed by atoms with Crippen LogP contribution in [-0.4, -0.2) is 34.9 Å². The molecule has 0 aliphatic heterocycles. The summed E-state index contributed by atoms with van der Waals surface area (Å²) in [5, 5.41) is 19.9. The van der Waals surface area contributed by atoms with E-state index in [1.807, 2.05) is 0 Å². The van der Waals surface area contributed by atoms with Crippen molar-refractivity contribution in [2.75, 3.05) is 6.61 Å². The summed E-state index contributed by atoms with van der Waals surface area (Å²) in [5.74, 6) is -1.02. The number of ether oxygens (including phenoxy) is 1.